The first kappa shape index (κ1) is 17.8. The van der Waals surface area contributed by atoms with Crippen molar-refractivity contribution < 1.29 is 14.4 Å². The number of hydrogen-bond acceptors (Lipinski definition) is 4. The van der Waals surface area contributed by atoms with E-state index in [0.29, 0.717) is 5.02 Å². The lowest BCUT2D eigenvalue weighted by Gasteiger charge is -2.09. The molecule has 0 aliphatic heterocycles. The predicted octanol–water partition coefficient (Wildman–Crippen LogP) is 2.27. The zero-order valence-electron chi connectivity index (χ0n) is 12.4. The van der Waals surface area contributed by atoms with Gasteiger partial charge in [0.05, 0.1) is 10.8 Å². The fraction of sp³-hybridized carbons (Fsp3) is 0.0625. The Hall–Kier alpha value is -2.51. The summed E-state index contributed by atoms with van der Waals surface area (Å²) >= 11 is 7.29. The highest BCUT2D eigenvalue weighted by Gasteiger charge is 2.11. The minimum atomic E-state index is -0.723. The van der Waals surface area contributed by atoms with Crippen LogP contribution in [0.5, 0.6) is 0 Å². The van der Waals surface area contributed by atoms with Gasteiger partial charge in [0, 0.05) is 21.7 Å². The maximum atomic E-state index is 12.1. The van der Waals surface area contributed by atoms with Crippen molar-refractivity contribution in [1.82, 2.24) is 0 Å². The van der Waals surface area contributed by atoms with E-state index in [0.717, 1.165) is 4.90 Å². The molecule has 0 bridgehead atoms. The van der Waals surface area contributed by atoms with Crippen LogP contribution in [0.15, 0.2) is 47.4 Å². The summed E-state index contributed by atoms with van der Waals surface area (Å²) in [5.41, 5.74) is 10.9. The van der Waals surface area contributed by atoms with Crippen molar-refractivity contribution in [3.05, 3.63) is 58.6 Å². The van der Waals surface area contributed by atoms with Crippen molar-refractivity contribution >= 4 is 46.8 Å². The maximum Gasteiger partial charge on any atom is 0.248 e. The smallest absolute Gasteiger partial charge is 0.248 e. The number of carbonyl (C=O) groups is 3. The molecule has 0 atom stereocenters. The second kappa shape index (κ2) is 7.85. The third kappa shape index (κ3) is 4.74. The molecule has 24 heavy (non-hydrogen) atoms. The van der Waals surface area contributed by atoms with Gasteiger partial charge < -0.3 is 16.8 Å². The summed E-state index contributed by atoms with van der Waals surface area (Å²) in [6, 6.07) is 11.2. The van der Waals surface area contributed by atoms with Crippen molar-refractivity contribution in [1.29, 1.82) is 0 Å². The number of thioether (sulfide) groups is 1. The minimum Gasteiger partial charge on any atom is -0.366 e. The zero-order valence-corrected chi connectivity index (χ0v) is 14.0. The second-order valence-electron chi connectivity index (χ2n) is 4.79. The summed E-state index contributed by atoms with van der Waals surface area (Å²) in [5.74, 6) is -1.66. The lowest BCUT2D eigenvalue weighted by molar-refractivity contribution is -0.113. The number of benzene rings is 2. The summed E-state index contributed by atoms with van der Waals surface area (Å²) in [6.07, 6.45) is 0. The monoisotopic (exact) mass is 363 g/mol. The Morgan fingerprint density at radius 3 is 2.12 bits per heavy atom. The molecule has 8 heteroatoms. The molecule has 0 saturated heterocycles. The Balaban J connectivity index is 2.09. The van der Waals surface area contributed by atoms with Crippen LogP contribution in [0.1, 0.15) is 20.7 Å². The number of nitrogens with two attached hydrogens (primary N) is 2. The highest BCUT2D eigenvalue weighted by atomic mass is 35.5. The third-order valence-corrected chi connectivity index (χ3v) is 4.50. The van der Waals surface area contributed by atoms with Crippen LogP contribution in [0.2, 0.25) is 5.02 Å². The van der Waals surface area contributed by atoms with Crippen LogP contribution in [0, 0.1) is 0 Å². The summed E-state index contributed by atoms with van der Waals surface area (Å²) in [4.78, 5) is 35.4. The molecule has 0 spiro atoms. The average Bonchev–Trinajstić information content (AvgIpc) is 2.53. The lowest BCUT2D eigenvalue weighted by Crippen LogP contribution is -2.18. The Labute approximate surface area is 147 Å². The molecule has 0 radical (unpaired) electrons. The molecule has 2 rings (SSSR count). The number of halogens is 1. The predicted molar refractivity (Wildman–Crippen MR) is 94.3 cm³/mol. The molecule has 0 fully saturated rings. The van der Waals surface area contributed by atoms with E-state index in [9.17, 15) is 14.4 Å². The van der Waals surface area contributed by atoms with Crippen LogP contribution < -0.4 is 16.8 Å². The summed E-state index contributed by atoms with van der Waals surface area (Å²) in [5, 5.41) is 3.16. The molecule has 0 aliphatic rings. The van der Waals surface area contributed by atoms with Crippen molar-refractivity contribution in [2.24, 2.45) is 11.5 Å². The molecule has 0 unspecified atom stereocenters. The molecule has 5 N–H and O–H groups in total. The number of hydrogen-bond donors (Lipinski definition) is 3. The van der Waals surface area contributed by atoms with E-state index in [1.54, 1.807) is 18.2 Å². The zero-order chi connectivity index (χ0) is 17.7. The summed E-state index contributed by atoms with van der Waals surface area (Å²) in [6.45, 7) is 0. The quantitative estimate of drug-likeness (QED) is 0.682. The Morgan fingerprint density at radius 2 is 1.58 bits per heavy atom. The van der Waals surface area contributed by atoms with Gasteiger partial charge in [0.2, 0.25) is 17.7 Å². The number of amides is 3. The van der Waals surface area contributed by atoms with Crippen molar-refractivity contribution in [3.63, 3.8) is 0 Å². The van der Waals surface area contributed by atoms with Crippen LogP contribution in [0.4, 0.5) is 5.69 Å². The van der Waals surface area contributed by atoms with Crippen LogP contribution in [-0.2, 0) is 4.79 Å². The van der Waals surface area contributed by atoms with E-state index < -0.39 is 11.8 Å². The van der Waals surface area contributed by atoms with Crippen LogP contribution in [0.25, 0.3) is 0 Å². The van der Waals surface area contributed by atoms with E-state index >= 15 is 0 Å². The van der Waals surface area contributed by atoms with Gasteiger partial charge >= 0.3 is 0 Å². The molecule has 0 aromatic heterocycles. The molecule has 0 aliphatic carbocycles. The fourth-order valence-corrected chi connectivity index (χ4v) is 2.93. The molecular weight excluding hydrogens is 350 g/mol. The highest BCUT2D eigenvalue weighted by Crippen LogP contribution is 2.26. The number of primary amides is 2. The fourth-order valence-electron chi connectivity index (χ4n) is 1.89. The number of carbonyl (C=O) groups excluding carboxylic acids is 3. The Kier molecular flexibility index (Phi) is 5.83. The standard InChI is InChI=1S/C16H14ClN3O3S/c17-12-3-1-2-4-13(12)24-8-14(21)20-11-6-9(15(18)22)5-10(7-11)16(19)23/h1-7H,8H2,(H2,18,22)(H2,19,23)(H,20,21). The first-order chi connectivity index (χ1) is 11.4. The van der Waals surface area contributed by atoms with Gasteiger partial charge in [-0.05, 0) is 30.3 Å². The molecule has 6 nitrogen and oxygen atoms in total. The van der Waals surface area contributed by atoms with Crippen molar-refractivity contribution in [3.8, 4) is 0 Å². The Morgan fingerprint density at radius 1 is 1.00 bits per heavy atom. The Bertz CT molecular complexity index is 779. The van der Waals surface area contributed by atoms with Gasteiger partial charge in [-0.3, -0.25) is 14.4 Å². The van der Waals surface area contributed by atoms with E-state index in [4.69, 9.17) is 23.1 Å². The van der Waals surface area contributed by atoms with E-state index in [-0.39, 0.29) is 28.5 Å². The molecule has 2 aromatic carbocycles. The van der Waals surface area contributed by atoms with Crippen molar-refractivity contribution in [2.45, 2.75) is 4.90 Å². The van der Waals surface area contributed by atoms with Gasteiger partial charge in [-0.25, -0.2) is 0 Å². The lowest BCUT2D eigenvalue weighted by atomic mass is 10.1. The first-order valence-corrected chi connectivity index (χ1v) is 8.15. The number of anilines is 1. The number of rotatable bonds is 6. The molecule has 124 valence electrons. The van der Waals surface area contributed by atoms with E-state index in [1.165, 1.54) is 30.0 Å². The van der Waals surface area contributed by atoms with Gasteiger partial charge in [0.1, 0.15) is 0 Å². The highest BCUT2D eigenvalue weighted by molar-refractivity contribution is 8.00. The van der Waals surface area contributed by atoms with Gasteiger partial charge in [0.25, 0.3) is 0 Å². The topological polar surface area (TPSA) is 115 Å². The maximum absolute atomic E-state index is 12.1. The normalized spacial score (nSPS) is 10.2. The van der Waals surface area contributed by atoms with Gasteiger partial charge in [0.15, 0.2) is 0 Å². The van der Waals surface area contributed by atoms with Gasteiger partial charge in [-0.15, -0.1) is 11.8 Å². The molecule has 2 aromatic rings. The molecular formula is C16H14ClN3O3S. The van der Waals surface area contributed by atoms with Crippen LogP contribution in [-0.4, -0.2) is 23.5 Å². The average molecular weight is 364 g/mol. The van der Waals surface area contributed by atoms with Crippen LogP contribution >= 0.6 is 23.4 Å². The molecule has 0 saturated carbocycles. The van der Waals surface area contributed by atoms with E-state index in [2.05, 4.69) is 5.32 Å². The molecule has 3 amide bonds. The molecule has 0 heterocycles. The largest absolute Gasteiger partial charge is 0.366 e. The summed E-state index contributed by atoms with van der Waals surface area (Å²) in [7, 11) is 0. The first-order valence-electron chi connectivity index (χ1n) is 6.78. The number of nitrogens with one attached hydrogen (secondary N) is 1. The summed E-state index contributed by atoms with van der Waals surface area (Å²) < 4.78 is 0. The van der Waals surface area contributed by atoms with Crippen LogP contribution in [0.3, 0.4) is 0 Å². The third-order valence-electron chi connectivity index (χ3n) is 2.98. The SMILES string of the molecule is NC(=O)c1cc(NC(=O)CSc2ccccc2Cl)cc(C(N)=O)c1. The minimum absolute atomic E-state index is 0.0837. The van der Waals surface area contributed by atoms with Gasteiger partial charge in [-0.1, -0.05) is 23.7 Å². The van der Waals surface area contributed by atoms with Crippen molar-refractivity contribution in [2.75, 3.05) is 11.1 Å². The van der Waals surface area contributed by atoms with Gasteiger partial charge in [-0.2, -0.15) is 0 Å². The van der Waals surface area contributed by atoms with E-state index in [1.807, 2.05) is 6.07 Å². The second-order valence-corrected chi connectivity index (χ2v) is 6.22.